The van der Waals surface area contributed by atoms with Crippen molar-refractivity contribution in [1.82, 2.24) is 10.3 Å². The SMILES string of the molecule is CCCCC(N)c1nc(C(=O)NC(C)C(=O)OCc2ccccc2)co1. The highest BCUT2D eigenvalue weighted by Crippen LogP contribution is 2.16. The van der Waals surface area contributed by atoms with Crippen LogP contribution in [0.1, 0.15) is 61.1 Å². The Hall–Kier alpha value is -2.67. The molecule has 1 aromatic heterocycles. The third-order valence-corrected chi connectivity index (χ3v) is 3.87. The molecule has 7 heteroatoms. The van der Waals surface area contributed by atoms with E-state index >= 15 is 0 Å². The van der Waals surface area contributed by atoms with Gasteiger partial charge in [-0.15, -0.1) is 0 Å². The fraction of sp³-hybridized carbons (Fsp3) is 0.421. The van der Waals surface area contributed by atoms with E-state index in [1.54, 1.807) is 6.92 Å². The van der Waals surface area contributed by atoms with E-state index in [1.165, 1.54) is 6.26 Å². The zero-order chi connectivity index (χ0) is 18.9. The average Bonchev–Trinajstić information content (AvgIpc) is 3.15. The van der Waals surface area contributed by atoms with Crippen LogP contribution in [-0.2, 0) is 16.1 Å². The molecule has 0 radical (unpaired) electrons. The number of hydrogen-bond donors (Lipinski definition) is 2. The molecule has 3 N–H and O–H groups in total. The van der Waals surface area contributed by atoms with Crippen LogP contribution in [-0.4, -0.2) is 22.9 Å². The van der Waals surface area contributed by atoms with E-state index in [0.717, 1.165) is 24.8 Å². The third-order valence-electron chi connectivity index (χ3n) is 3.87. The highest BCUT2D eigenvalue weighted by molar-refractivity contribution is 5.94. The third kappa shape index (κ3) is 5.70. The fourth-order valence-corrected chi connectivity index (χ4v) is 2.29. The molecule has 2 aromatic rings. The van der Waals surface area contributed by atoms with Crippen molar-refractivity contribution < 1.29 is 18.7 Å². The van der Waals surface area contributed by atoms with Crippen molar-refractivity contribution in [3.05, 3.63) is 53.7 Å². The van der Waals surface area contributed by atoms with Gasteiger partial charge in [0, 0.05) is 0 Å². The van der Waals surface area contributed by atoms with Crippen LogP contribution in [0.4, 0.5) is 0 Å². The predicted molar refractivity (Wildman–Crippen MR) is 96.1 cm³/mol. The van der Waals surface area contributed by atoms with E-state index in [0.29, 0.717) is 5.89 Å². The van der Waals surface area contributed by atoms with Crippen molar-refractivity contribution in [2.75, 3.05) is 0 Å². The summed E-state index contributed by atoms with van der Waals surface area (Å²) in [7, 11) is 0. The van der Waals surface area contributed by atoms with Crippen LogP contribution < -0.4 is 11.1 Å². The molecule has 2 atom stereocenters. The number of benzene rings is 1. The summed E-state index contributed by atoms with van der Waals surface area (Å²) in [5.74, 6) is -0.708. The Bertz CT molecular complexity index is 715. The van der Waals surface area contributed by atoms with E-state index in [2.05, 4.69) is 17.2 Å². The minimum Gasteiger partial charge on any atom is -0.459 e. The maximum Gasteiger partial charge on any atom is 0.328 e. The van der Waals surface area contributed by atoms with Gasteiger partial charge >= 0.3 is 5.97 Å². The number of esters is 1. The molecule has 7 nitrogen and oxygen atoms in total. The second-order valence-electron chi connectivity index (χ2n) is 6.11. The number of oxazole rings is 1. The molecule has 2 unspecified atom stereocenters. The average molecular weight is 359 g/mol. The molecule has 140 valence electrons. The minimum atomic E-state index is -0.805. The molecule has 0 saturated heterocycles. The number of nitrogens with one attached hydrogen (secondary N) is 1. The number of rotatable bonds is 9. The number of unbranched alkanes of at least 4 members (excludes halogenated alkanes) is 1. The first-order valence-electron chi connectivity index (χ1n) is 8.73. The largest absolute Gasteiger partial charge is 0.459 e. The lowest BCUT2D eigenvalue weighted by atomic mass is 10.1. The number of nitrogens with two attached hydrogens (primary N) is 1. The lowest BCUT2D eigenvalue weighted by Crippen LogP contribution is -2.39. The molecule has 0 saturated carbocycles. The van der Waals surface area contributed by atoms with Gasteiger partial charge in [0.1, 0.15) is 18.9 Å². The van der Waals surface area contributed by atoms with Crippen LogP contribution in [0.5, 0.6) is 0 Å². The summed E-state index contributed by atoms with van der Waals surface area (Å²) in [5, 5.41) is 2.55. The number of aromatic nitrogens is 1. The van der Waals surface area contributed by atoms with Crippen LogP contribution in [0.2, 0.25) is 0 Å². The van der Waals surface area contributed by atoms with Gasteiger partial charge in [-0.1, -0.05) is 50.1 Å². The number of hydrogen-bond acceptors (Lipinski definition) is 6. The van der Waals surface area contributed by atoms with Gasteiger partial charge in [0.15, 0.2) is 5.69 Å². The molecule has 0 aliphatic carbocycles. The van der Waals surface area contributed by atoms with Crippen LogP contribution in [0.25, 0.3) is 0 Å². The van der Waals surface area contributed by atoms with Gasteiger partial charge in [-0.05, 0) is 18.9 Å². The Labute approximate surface area is 152 Å². The van der Waals surface area contributed by atoms with E-state index in [4.69, 9.17) is 14.9 Å². The second-order valence-corrected chi connectivity index (χ2v) is 6.11. The van der Waals surface area contributed by atoms with Gasteiger partial charge in [0.2, 0.25) is 5.89 Å². The fourth-order valence-electron chi connectivity index (χ4n) is 2.29. The highest BCUT2D eigenvalue weighted by atomic mass is 16.5. The number of carbonyl (C=O) groups is 2. The smallest absolute Gasteiger partial charge is 0.328 e. The standard InChI is InChI=1S/C19H25N3O4/c1-3-4-10-15(20)18-22-16(12-25-18)17(23)21-13(2)19(24)26-11-14-8-6-5-7-9-14/h5-9,12-13,15H,3-4,10-11,20H2,1-2H3,(H,21,23). The summed E-state index contributed by atoms with van der Waals surface area (Å²) in [6.45, 7) is 3.78. The monoisotopic (exact) mass is 359 g/mol. The van der Waals surface area contributed by atoms with Gasteiger partial charge in [-0.3, -0.25) is 4.79 Å². The van der Waals surface area contributed by atoms with Crippen LogP contribution in [0, 0.1) is 0 Å². The molecular weight excluding hydrogens is 334 g/mol. The molecule has 1 heterocycles. The molecule has 1 aromatic carbocycles. The summed E-state index contributed by atoms with van der Waals surface area (Å²) in [4.78, 5) is 28.3. The number of ether oxygens (including phenoxy) is 1. The van der Waals surface area contributed by atoms with Gasteiger partial charge in [-0.25, -0.2) is 9.78 Å². The molecule has 0 fully saturated rings. The lowest BCUT2D eigenvalue weighted by Gasteiger charge is -2.12. The normalized spacial score (nSPS) is 13.0. The first kappa shape index (κ1) is 19.7. The summed E-state index contributed by atoms with van der Waals surface area (Å²) < 4.78 is 10.5. The highest BCUT2D eigenvalue weighted by Gasteiger charge is 2.21. The topological polar surface area (TPSA) is 107 Å². The molecule has 1 amide bonds. The molecule has 0 spiro atoms. The van der Waals surface area contributed by atoms with Crippen molar-refractivity contribution in [2.24, 2.45) is 5.73 Å². The summed E-state index contributed by atoms with van der Waals surface area (Å²) in [5.41, 5.74) is 6.95. The molecule has 0 aliphatic heterocycles. The summed E-state index contributed by atoms with van der Waals surface area (Å²) in [6.07, 6.45) is 3.96. The van der Waals surface area contributed by atoms with E-state index in [1.807, 2.05) is 30.3 Å². The Morgan fingerprint density at radius 3 is 2.73 bits per heavy atom. The maximum absolute atomic E-state index is 12.2. The summed E-state index contributed by atoms with van der Waals surface area (Å²) >= 11 is 0. The maximum atomic E-state index is 12.2. The Balaban J connectivity index is 1.84. The zero-order valence-electron chi connectivity index (χ0n) is 15.1. The van der Waals surface area contributed by atoms with Crippen LogP contribution in [0.15, 0.2) is 41.0 Å². The lowest BCUT2D eigenvalue weighted by molar-refractivity contribution is -0.146. The van der Waals surface area contributed by atoms with Gasteiger partial charge < -0.3 is 20.2 Å². The van der Waals surface area contributed by atoms with Gasteiger partial charge in [0.05, 0.1) is 6.04 Å². The molecule has 2 rings (SSSR count). The molecular formula is C19H25N3O4. The minimum absolute atomic E-state index is 0.0923. The first-order valence-corrected chi connectivity index (χ1v) is 8.73. The van der Waals surface area contributed by atoms with E-state index in [-0.39, 0.29) is 18.3 Å². The van der Waals surface area contributed by atoms with E-state index in [9.17, 15) is 9.59 Å². The number of carbonyl (C=O) groups excluding carboxylic acids is 2. The Morgan fingerprint density at radius 1 is 1.31 bits per heavy atom. The van der Waals surface area contributed by atoms with E-state index < -0.39 is 17.9 Å². The van der Waals surface area contributed by atoms with Crippen molar-refractivity contribution in [2.45, 2.75) is 51.8 Å². The number of amides is 1. The predicted octanol–water partition coefficient (Wildman–Crippen LogP) is 2.73. The Kier molecular flexibility index (Phi) is 7.35. The van der Waals surface area contributed by atoms with Crippen molar-refractivity contribution in [3.8, 4) is 0 Å². The Morgan fingerprint density at radius 2 is 2.04 bits per heavy atom. The quantitative estimate of drug-likeness (QED) is 0.667. The number of nitrogens with zero attached hydrogens (tertiary/aromatic N) is 1. The molecule has 0 aliphatic rings. The zero-order valence-corrected chi connectivity index (χ0v) is 15.1. The molecule has 26 heavy (non-hydrogen) atoms. The van der Waals surface area contributed by atoms with Crippen LogP contribution >= 0.6 is 0 Å². The second kappa shape index (κ2) is 9.72. The van der Waals surface area contributed by atoms with Crippen molar-refractivity contribution in [3.63, 3.8) is 0 Å². The van der Waals surface area contributed by atoms with Gasteiger partial charge in [0.25, 0.3) is 5.91 Å². The first-order chi connectivity index (χ1) is 12.5. The van der Waals surface area contributed by atoms with Crippen LogP contribution in [0.3, 0.4) is 0 Å². The van der Waals surface area contributed by atoms with Crippen molar-refractivity contribution in [1.29, 1.82) is 0 Å². The van der Waals surface area contributed by atoms with Crippen molar-refractivity contribution >= 4 is 11.9 Å². The molecule has 0 bridgehead atoms. The summed E-state index contributed by atoms with van der Waals surface area (Å²) in [6, 6.07) is 8.17. The van der Waals surface area contributed by atoms with Gasteiger partial charge in [-0.2, -0.15) is 0 Å².